The van der Waals surface area contributed by atoms with Gasteiger partial charge in [0.2, 0.25) is 5.91 Å². The van der Waals surface area contributed by atoms with E-state index in [1.165, 1.54) is 5.56 Å². The van der Waals surface area contributed by atoms with Gasteiger partial charge in [-0.05, 0) is 47.6 Å². The van der Waals surface area contributed by atoms with Gasteiger partial charge in [0.05, 0.1) is 19.3 Å². The van der Waals surface area contributed by atoms with E-state index in [0.29, 0.717) is 18.8 Å². The van der Waals surface area contributed by atoms with E-state index >= 15 is 0 Å². The van der Waals surface area contributed by atoms with Gasteiger partial charge in [-0.3, -0.25) is 9.59 Å². The van der Waals surface area contributed by atoms with Crippen LogP contribution < -0.4 is 9.64 Å². The first-order valence-corrected chi connectivity index (χ1v) is 12.3. The van der Waals surface area contributed by atoms with E-state index in [2.05, 4.69) is 45.0 Å². The molecule has 5 nitrogen and oxygen atoms in total. The average Bonchev–Trinajstić information content (AvgIpc) is 3.49. The number of carbonyl (C=O) groups is 2. The summed E-state index contributed by atoms with van der Waals surface area (Å²) in [4.78, 5) is 30.0. The lowest BCUT2D eigenvalue weighted by Gasteiger charge is -2.33. The molecule has 2 aromatic rings. The lowest BCUT2D eigenvalue weighted by atomic mass is 9.87. The Bertz CT molecular complexity index is 1070. The maximum atomic E-state index is 14.0. The number of thioether (sulfide) groups is 1. The maximum absolute atomic E-state index is 14.0. The molecule has 0 unspecified atom stereocenters. The molecule has 1 aliphatic carbocycles. The van der Waals surface area contributed by atoms with Gasteiger partial charge in [0.1, 0.15) is 5.75 Å². The van der Waals surface area contributed by atoms with Crippen LogP contribution in [0.3, 0.4) is 0 Å². The largest absolute Gasteiger partial charge is 0.497 e. The second-order valence-corrected chi connectivity index (χ2v) is 11.3. The molecule has 6 heteroatoms. The van der Waals surface area contributed by atoms with E-state index in [1.807, 2.05) is 28.0 Å². The van der Waals surface area contributed by atoms with Crippen molar-refractivity contribution >= 4 is 29.3 Å². The Morgan fingerprint density at radius 1 is 1.16 bits per heavy atom. The molecule has 2 heterocycles. The Morgan fingerprint density at radius 3 is 2.50 bits per heavy atom. The lowest BCUT2D eigenvalue weighted by Crippen LogP contribution is -2.50. The van der Waals surface area contributed by atoms with Crippen LogP contribution in [-0.2, 0) is 26.4 Å². The summed E-state index contributed by atoms with van der Waals surface area (Å²) in [5, 5.41) is 0. The number of anilines is 1. The molecule has 0 bridgehead atoms. The van der Waals surface area contributed by atoms with Gasteiger partial charge in [-0.1, -0.05) is 45.0 Å². The fourth-order valence-corrected chi connectivity index (χ4v) is 6.20. The summed E-state index contributed by atoms with van der Waals surface area (Å²) in [5.41, 5.74) is 4.18. The van der Waals surface area contributed by atoms with Crippen molar-refractivity contribution in [1.82, 2.24) is 4.90 Å². The highest BCUT2D eigenvalue weighted by Crippen LogP contribution is 2.56. The normalized spacial score (nSPS) is 22.6. The smallest absolute Gasteiger partial charge is 0.268 e. The molecular weight excluding hydrogens is 420 g/mol. The van der Waals surface area contributed by atoms with Gasteiger partial charge in [0.15, 0.2) is 4.87 Å². The van der Waals surface area contributed by atoms with Crippen LogP contribution in [0.1, 0.15) is 50.3 Å². The maximum Gasteiger partial charge on any atom is 0.268 e. The zero-order chi connectivity index (χ0) is 22.7. The Morgan fingerprint density at radius 2 is 1.88 bits per heavy atom. The Kier molecular flexibility index (Phi) is 5.04. The molecule has 2 aromatic carbocycles. The topological polar surface area (TPSA) is 49.9 Å². The van der Waals surface area contributed by atoms with E-state index in [9.17, 15) is 9.59 Å². The second kappa shape index (κ2) is 7.55. The van der Waals surface area contributed by atoms with Crippen LogP contribution >= 0.6 is 11.8 Å². The highest BCUT2D eigenvalue weighted by Gasteiger charge is 2.60. The summed E-state index contributed by atoms with van der Waals surface area (Å²) in [6, 6.07) is 14.3. The summed E-state index contributed by atoms with van der Waals surface area (Å²) in [6.45, 7) is 7.68. The van der Waals surface area contributed by atoms with Crippen molar-refractivity contribution in [3.63, 3.8) is 0 Å². The molecule has 32 heavy (non-hydrogen) atoms. The summed E-state index contributed by atoms with van der Waals surface area (Å²) < 4.78 is 5.49. The molecule has 168 valence electrons. The minimum Gasteiger partial charge on any atom is -0.497 e. The predicted octanol–water partition coefficient (Wildman–Crippen LogP) is 4.68. The summed E-state index contributed by atoms with van der Waals surface area (Å²) >= 11 is 1.58. The number of nitrogens with zero attached hydrogens (tertiary/aromatic N) is 2. The first kappa shape index (κ1) is 21.4. The summed E-state index contributed by atoms with van der Waals surface area (Å²) in [6.07, 6.45) is 1.86. The molecule has 3 aliphatic rings. The first-order chi connectivity index (χ1) is 15.3. The van der Waals surface area contributed by atoms with E-state index in [-0.39, 0.29) is 23.1 Å². The van der Waals surface area contributed by atoms with Crippen molar-refractivity contribution in [2.45, 2.75) is 50.4 Å². The lowest BCUT2D eigenvalue weighted by molar-refractivity contribution is -0.141. The predicted molar refractivity (Wildman–Crippen MR) is 128 cm³/mol. The number of carbonyl (C=O) groups excluding carboxylic acids is 2. The van der Waals surface area contributed by atoms with Gasteiger partial charge >= 0.3 is 0 Å². The molecule has 0 aromatic heterocycles. The number of amides is 2. The zero-order valence-electron chi connectivity index (χ0n) is 19.2. The molecule has 5 rings (SSSR count). The quantitative estimate of drug-likeness (QED) is 0.679. The Hall–Kier alpha value is -2.47. The molecule has 1 spiro atoms. The third-order valence-electron chi connectivity index (χ3n) is 6.75. The van der Waals surface area contributed by atoms with Crippen LogP contribution in [0.25, 0.3) is 0 Å². The van der Waals surface area contributed by atoms with Crippen LogP contribution in [0.4, 0.5) is 5.69 Å². The number of ether oxygens (including phenoxy) is 1. The van der Waals surface area contributed by atoms with E-state index < -0.39 is 4.87 Å². The third-order valence-corrected chi connectivity index (χ3v) is 8.17. The molecule has 0 N–H and O–H groups in total. The van der Waals surface area contributed by atoms with Crippen LogP contribution in [0.2, 0.25) is 0 Å². The van der Waals surface area contributed by atoms with Gasteiger partial charge in [0.25, 0.3) is 5.91 Å². The van der Waals surface area contributed by atoms with Crippen molar-refractivity contribution in [2.24, 2.45) is 5.92 Å². The highest BCUT2D eigenvalue weighted by molar-refractivity contribution is 8.01. The fourth-order valence-electron chi connectivity index (χ4n) is 4.74. The van der Waals surface area contributed by atoms with Crippen LogP contribution in [0.15, 0.2) is 42.5 Å². The van der Waals surface area contributed by atoms with Crippen molar-refractivity contribution in [1.29, 1.82) is 0 Å². The van der Waals surface area contributed by atoms with Crippen molar-refractivity contribution in [2.75, 3.05) is 24.3 Å². The standard InChI is InChI=1S/C26H30N2O3S/c1-25(2,3)19-9-5-17(6-10-19)16-27-22-12-11-20(31-4)15-21(22)26(24(27)30)28(13-14-32-26)23(29)18-7-8-18/h5-6,9-12,15,18H,7-8,13-14,16H2,1-4H3/t26-/m0/s1. The molecule has 1 atom stereocenters. The monoisotopic (exact) mass is 450 g/mol. The number of rotatable bonds is 4. The molecule has 2 fully saturated rings. The van der Waals surface area contributed by atoms with Gasteiger partial charge in [-0.2, -0.15) is 0 Å². The third kappa shape index (κ3) is 3.31. The number of fused-ring (bicyclic) bond motifs is 2. The molecule has 1 saturated heterocycles. The van der Waals surface area contributed by atoms with Crippen molar-refractivity contribution in [3.05, 3.63) is 59.2 Å². The molecule has 2 aliphatic heterocycles. The van der Waals surface area contributed by atoms with Crippen molar-refractivity contribution < 1.29 is 14.3 Å². The number of hydrogen-bond acceptors (Lipinski definition) is 4. The minimum absolute atomic E-state index is 0.0165. The Labute approximate surface area is 194 Å². The van der Waals surface area contributed by atoms with Crippen LogP contribution in [0.5, 0.6) is 5.75 Å². The number of benzene rings is 2. The summed E-state index contributed by atoms with van der Waals surface area (Å²) in [5.74, 6) is 1.64. The molecule has 0 radical (unpaired) electrons. The van der Waals surface area contributed by atoms with E-state index in [1.54, 1.807) is 18.9 Å². The SMILES string of the molecule is COc1ccc2c(c1)[C@]1(SCCN1C(=O)C1CC1)C(=O)N2Cc1ccc(C(C)(C)C)cc1. The van der Waals surface area contributed by atoms with E-state index in [4.69, 9.17) is 4.74 Å². The van der Waals surface area contributed by atoms with E-state index in [0.717, 1.165) is 35.4 Å². The highest BCUT2D eigenvalue weighted by atomic mass is 32.2. The molecular formula is C26H30N2O3S. The number of methoxy groups -OCH3 is 1. The van der Waals surface area contributed by atoms with Gasteiger partial charge in [0, 0.05) is 23.8 Å². The molecule has 2 amide bonds. The van der Waals surface area contributed by atoms with Gasteiger partial charge < -0.3 is 14.5 Å². The van der Waals surface area contributed by atoms with Crippen molar-refractivity contribution in [3.8, 4) is 5.75 Å². The second-order valence-electron chi connectivity index (χ2n) is 9.98. The summed E-state index contributed by atoms with van der Waals surface area (Å²) in [7, 11) is 1.63. The zero-order valence-corrected chi connectivity index (χ0v) is 20.0. The van der Waals surface area contributed by atoms with Crippen LogP contribution in [-0.4, -0.2) is 36.1 Å². The average molecular weight is 451 g/mol. The van der Waals surface area contributed by atoms with Gasteiger partial charge in [-0.15, -0.1) is 11.8 Å². The number of hydrogen-bond donors (Lipinski definition) is 0. The fraction of sp³-hybridized carbons (Fsp3) is 0.462. The minimum atomic E-state index is -0.977. The first-order valence-electron chi connectivity index (χ1n) is 11.3. The van der Waals surface area contributed by atoms with Crippen LogP contribution in [0, 0.1) is 5.92 Å². The Balaban J connectivity index is 1.54. The molecule has 1 saturated carbocycles. The van der Waals surface area contributed by atoms with Gasteiger partial charge in [-0.25, -0.2) is 0 Å².